The maximum Gasteiger partial charge on any atom is 0.311 e. The normalized spacial score (nSPS) is 9.64. The predicted molar refractivity (Wildman–Crippen MR) is 51.5 cm³/mol. The fourth-order valence-electron chi connectivity index (χ4n) is 1.01. The Morgan fingerprint density at radius 3 is 2.86 bits per heavy atom. The fourth-order valence-corrected chi connectivity index (χ4v) is 1.26. The van der Waals surface area contributed by atoms with Crippen molar-refractivity contribution < 1.29 is 14.3 Å². The summed E-state index contributed by atoms with van der Waals surface area (Å²) in [6, 6.07) is 1.60. The summed E-state index contributed by atoms with van der Waals surface area (Å²) in [7, 11) is 2.79. The van der Waals surface area contributed by atoms with Gasteiger partial charge < -0.3 is 9.47 Å². The van der Waals surface area contributed by atoms with Crippen molar-refractivity contribution >= 4 is 17.6 Å². The van der Waals surface area contributed by atoms with Gasteiger partial charge in [0.05, 0.1) is 31.4 Å². The van der Waals surface area contributed by atoms with Crippen LogP contribution >= 0.6 is 11.6 Å². The minimum Gasteiger partial charge on any atom is -0.493 e. The molecule has 0 bridgehead atoms. The number of nitrogens with zero attached hydrogens (tertiary/aromatic N) is 1. The molecular weight excluding hydrogens is 206 g/mol. The summed E-state index contributed by atoms with van der Waals surface area (Å²) in [6.45, 7) is 0. The van der Waals surface area contributed by atoms with Crippen LogP contribution in [0.3, 0.4) is 0 Å². The smallest absolute Gasteiger partial charge is 0.311 e. The monoisotopic (exact) mass is 215 g/mol. The van der Waals surface area contributed by atoms with Crippen molar-refractivity contribution in [2.24, 2.45) is 0 Å². The van der Waals surface area contributed by atoms with E-state index in [0.29, 0.717) is 16.5 Å². The van der Waals surface area contributed by atoms with E-state index in [9.17, 15) is 4.79 Å². The molecule has 1 heterocycles. The fraction of sp³-hybridized carbons (Fsp3) is 0.333. The molecule has 0 amide bonds. The van der Waals surface area contributed by atoms with E-state index in [1.54, 1.807) is 6.07 Å². The first-order chi connectivity index (χ1) is 6.69. The quantitative estimate of drug-likeness (QED) is 0.717. The first-order valence-corrected chi connectivity index (χ1v) is 4.31. The van der Waals surface area contributed by atoms with E-state index in [-0.39, 0.29) is 12.4 Å². The summed E-state index contributed by atoms with van der Waals surface area (Å²) in [4.78, 5) is 15.0. The number of hydrogen-bond acceptors (Lipinski definition) is 4. The number of pyridine rings is 1. The maximum absolute atomic E-state index is 11.0. The van der Waals surface area contributed by atoms with Crippen LogP contribution in [-0.2, 0) is 16.0 Å². The minimum absolute atomic E-state index is 0.0558. The lowest BCUT2D eigenvalue weighted by atomic mass is 10.2. The second kappa shape index (κ2) is 4.81. The molecule has 14 heavy (non-hydrogen) atoms. The molecule has 76 valence electrons. The molecule has 0 unspecified atom stereocenters. The molecule has 1 aromatic rings. The van der Waals surface area contributed by atoms with Crippen molar-refractivity contribution in [3.8, 4) is 5.75 Å². The summed E-state index contributed by atoms with van der Waals surface area (Å²) in [5.41, 5.74) is 0.479. The first-order valence-electron chi connectivity index (χ1n) is 3.93. The Labute approximate surface area is 86.8 Å². The van der Waals surface area contributed by atoms with Crippen molar-refractivity contribution in [1.82, 2.24) is 4.98 Å². The standard InChI is InChI=1S/C9H10ClNO3/c1-13-8(12)5-7-9(14-2)6(10)3-4-11-7/h3-4H,5H2,1-2H3. The number of ether oxygens (including phenoxy) is 2. The number of carbonyl (C=O) groups excluding carboxylic acids is 1. The van der Waals surface area contributed by atoms with Crippen LogP contribution in [0.4, 0.5) is 0 Å². The maximum atomic E-state index is 11.0. The third-order valence-corrected chi connectivity index (χ3v) is 1.97. The highest BCUT2D eigenvalue weighted by molar-refractivity contribution is 6.32. The Balaban J connectivity index is 2.96. The average molecular weight is 216 g/mol. The molecule has 0 aromatic carbocycles. The van der Waals surface area contributed by atoms with Crippen LogP contribution in [0.1, 0.15) is 5.69 Å². The Morgan fingerprint density at radius 1 is 1.57 bits per heavy atom. The van der Waals surface area contributed by atoms with Gasteiger partial charge >= 0.3 is 5.97 Å². The Hall–Kier alpha value is -1.29. The minimum atomic E-state index is -0.377. The van der Waals surface area contributed by atoms with Gasteiger partial charge in [0.25, 0.3) is 0 Å². The molecule has 0 fully saturated rings. The molecule has 1 rings (SSSR count). The van der Waals surface area contributed by atoms with E-state index in [1.807, 2.05) is 0 Å². The van der Waals surface area contributed by atoms with Crippen LogP contribution in [0.25, 0.3) is 0 Å². The molecule has 0 aliphatic rings. The van der Waals surface area contributed by atoms with Gasteiger partial charge in [-0.1, -0.05) is 11.6 Å². The predicted octanol–water partition coefficient (Wildman–Crippen LogP) is 1.46. The van der Waals surface area contributed by atoms with Gasteiger partial charge in [0, 0.05) is 6.20 Å². The van der Waals surface area contributed by atoms with E-state index in [1.165, 1.54) is 20.4 Å². The van der Waals surface area contributed by atoms with E-state index >= 15 is 0 Å². The molecule has 4 nitrogen and oxygen atoms in total. The number of aromatic nitrogens is 1. The highest BCUT2D eigenvalue weighted by Crippen LogP contribution is 2.26. The average Bonchev–Trinajstić information content (AvgIpc) is 2.18. The lowest BCUT2D eigenvalue weighted by molar-refractivity contribution is -0.139. The zero-order valence-electron chi connectivity index (χ0n) is 7.91. The molecule has 0 spiro atoms. The van der Waals surface area contributed by atoms with E-state index in [4.69, 9.17) is 16.3 Å². The van der Waals surface area contributed by atoms with E-state index < -0.39 is 0 Å². The molecule has 0 N–H and O–H groups in total. The highest BCUT2D eigenvalue weighted by atomic mass is 35.5. The largest absolute Gasteiger partial charge is 0.493 e. The zero-order chi connectivity index (χ0) is 10.6. The van der Waals surface area contributed by atoms with E-state index in [2.05, 4.69) is 9.72 Å². The van der Waals surface area contributed by atoms with Crippen molar-refractivity contribution in [3.05, 3.63) is 23.0 Å². The third kappa shape index (κ3) is 2.35. The van der Waals surface area contributed by atoms with Crippen molar-refractivity contribution in [2.45, 2.75) is 6.42 Å². The molecule has 0 atom stereocenters. The number of carbonyl (C=O) groups is 1. The van der Waals surface area contributed by atoms with Crippen LogP contribution in [0.5, 0.6) is 5.75 Å². The summed E-state index contributed by atoms with van der Waals surface area (Å²) in [5.74, 6) is 0.0395. The Morgan fingerprint density at radius 2 is 2.29 bits per heavy atom. The zero-order valence-corrected chi connectivity index (χ0v) is 8.67. The topological polar surface area (TPSA) is 48.4 Å². The molecular formula is C9H10ClNO3. The number of esters is 1. The highest BCUT2D eigenvalue weighted by Gasteiger charge is 2.12. The van der Waals surface area contributed by atoms with Gasteiger partial charge in [-0.2, -0.15) is 0 Å². The number of methoxy groups -OCH3 is 2. The molecule has 0 saturated heterocycles. The van der Waals surface area contributed by atoms with Crippen molar-refractivity contribution in [3.63, 3.8) is 0 Å². The molecule has 0 saturated carbocycles. The summed E-state index contributed by atoms with van der Waals surface area (Å²) < 4.78 is 9.54. The number of halogens is 1. The second-order valence-corrected chi connectivity index (χ2v) is 2.93. The molecule has 5 heteroatoms. The summed E-state index contributed by atoms with van der Waals surface area (Å²) in [6.07, 6.45) is 1.57. The molecule has 0 radical (unpaired) electrons. The summed E-state index contributed by atoms with van der Waals surface area (Å²) >= 11 is 5.84. The van der Waals surface area contributed by atoms with Gasteiger partial charge in [-0.05, 0) is 6.07 Å². The van der Waals surface area contributed by atoms with Crippen molar-refractivity contribution in [1.29, 1.82) is 0 Å². The van der Waals surface area contributed by atoms with Gasteiger partial charge in [-0.25, -0.2) is 0 Å². The van der Waals surface area contributed by atoms with Crippen LogP contribution in [-0.4, -0.2) is 25.2 Å². The Kier molecular flexibility index (Phi) is 3.71. The van der Waals surface area contributed by atoms with Crippen LogP contribution in [0.15, 0.2) is 12.3 Å². The van der Waals surface area contributed by atoms with Gasteiger partial charge in [0.2, 0.25) is 0 Å². The van der Waals surface area contributed by atoms with Gasteiger partial charge in [-0.3, -0.25) is 9.78 Å². The van der Waals surface area contributed by atoms with Gasteiger partial charge in [0.1, 0.15) is 0 Å². The van der Waals surface area contributed by atoms with Gasteiger partial charge in [-0.15, -0.1) is 0 Å². The van der Waals surface area contributed by atoms with Gasteiger partial charge in [0.15, 0.2) is 5.75 Å². The first kappa shape index (κ1) is 10.8. The van der Waals surface area contributed by atoms with Crippen LogP contribution < -0.4 is 4.74 Å². The lowest BCUT2D eigenvalue weighted by Gasteiger charge is -2.07. The van der Waals surface area contributed by atoms with Crippen LogP contribution in [0, 0.1) is 0 Å². The number of rotatable bonds is 3. The Bertz CT molecular complexity index is 341. The second-order valence-electron chi connectivity index (χ2n) is 2.53. The SMILES string of the molecule is COC(=O)Cc1nccc(Cl)c1OC. The summed E-state index contributed by atoms with van der Waals surface area (Å²) in [5, 5.41) is 0.432. The number of hydrogen-bond donors (Lipinski definition) is 0. The lowest BCUT2D eigenvalue weighted by Crippen LogP contribution is -2.07. The van der Waals surface area contributed by atoms with E-state index in [0.717, 1.165) is 0 Å². The van der Waals surface area contributed by atoms with Crippen LogP contribution in [0.2, 0.25) is 5.02 Å². The molecule has 1 aromatic heterocycles. The molecule has 0 aliphatic heterocycles. The molecule has 0 aliphatic carbocycles. The van der Waals surface area contributed by atoms with Crippen molar-refractivity contribution in [2.75, 3.05) is 14.2 Å². The third-order valence-electron chi connectivity index (χ3n) is 1.67.